The van der Waals surface area contributed by atoms with E-state index in [0.29, 0.717) is 5.52 Å². The number of nitro benzene ring substituents is 1. The average Bonchev–Trinajstić information content (AvgIpc) is 2.55. The minimum Gasteiger partial charge on any atom is -0.349 e. The number of sulfonamides is 1. The van der Waals surface area contributed by atoms with Crippen molar-refractivity contribution in [1.29, 1.82) is 0 Å². The molecular formula is C9H9N3O4S. The first kappa shape index (κ1) is 11.6. The van der Waals surface area contributed by atoms with E-state index in [1.165, 1.54) is 24.4 Å². The summed E-state index contributed by atoms with van der Waals surface area (Å²) in [6, 6.07) is 4.01. The number of hydrogen-bond donors (Lipinski definition) is 1. The Morgan fingerprint density at radius 3 is 2.59 bits per heavy atom. The first-order chi connectivity index (χ1) is 7.80. The van der Waals surface area contributed by atoms with E-state index >= 15 is 0 Å². The number of hydrogen-bond acceptors (Lipinski definition) is 4. The van der Waals surface area contributed by atoms with E-state index in [2.05, 4.69) is 0 Å². The van der Waals surface area contributed by atoms with Crippen molar-refractivity contribution < 1.29 is 13.3 Å². The van der Waals surface area contributed by atoms with Crippen LogP contribution in [0.2, 0.25) is 0 Å². The van der Waals surface area contributed by atoms with Crippen molar-refractivity contribution in [3.8, 4) is 0 Å². The molecule has 0 fully saturated rings. The van der Waals surface area contributed by atoms with Crippen molar-refractivity contribution >= 4 is 26.6 Å². The van der Waals surface area contributed by atoms with Crippen LogP contribution in [0.3, 0.4) is 0 Å². The lowest BCUT2D eigenvalue weighted by Crippen LogP contribution is -2.11. The maximum atomic E-state index is 11.3. The zero-order chi connectivity index (χ0) is 12.8. The van der Waals surface area contributed by atoms with Gasteiger partial charge in [-0.3, -0.25) is 10.1 Å². The molecule has 17 heavy (non-hydrogen) atoms. The third kappa shape index (κ3) is 1.87. The second-order valence-corrected chi connectivity index (χ2v) is 5.14. The molecule has 0 saturated heterocycles. The number of non-ortho nitro benzene ring substituents is 1. The monoisotopic (exact) mass is 255 g/mol. The molecule has 0 spiro atoms. The number of nitro groups is 1. The SMILES string of the molecule is Cn1cc(S(N)(=O)=O)c2cc([N+](=O)[O-])ccc21. The van der Waals surface area contributed by atoms with Gasteiger partial charge in [-0.2, -0.15) is 0 Å². The largest absolute Gasteiger partial charge is 0.349 e. The number of benzene rings is 1. The molecule has 2 aromatic rings. The molecule has 0 bridgehead atoms. The molecule has 2 N–H and O–H groups in total. The first-order valence-electron chi connectivity index (χ1n) is 4.57. The number of aromatic nitrogens is 1. The Hall–Kier alpha value is -1.93. The molecule has 0 radical (unpaired) electrons. The van der Waals surface area contributed by atoms with Gasteiger partial charge in [0.2, 0.25) is 10.0 Å². The van der Waals surface area contributed by atoms with Crippen LogP contribution >= 0.6 is 0 Å². The van der Waals surface area contributed by atoms with E-state index in [1.54, 1.807) is 11.6 Å². The van der Waals surface area contributed by atoms with Crippen LogP contribution in [0.1, 0.15) is 0 Å². The Labute approximate surface area is 96.7 Å². The molecule has 1 aromatic heterocycles. The fourth-order valence-corrected chi connectivity index (χ4v) is 2.46. The summed E-state index contributed by atoms with van der Waals surface area (Å²) in [7, 11) is -2.25. The maximum absolute atomic E-state index is 11.3. The van der Waals surface area contributed by atoms with Crippen molar-refractivity contribution in [2.75, 3.05) is 0 Å². The molecule has 0 saturated carbocycles. The van der Waals surface area contributed by atoms with Crippen LogP contribution in [0.4, 0.5) is 5.69 Å². The van der Waals surface area contributed by atoms with E-state index in [4.69, 9.17) is 5.14 Å². The van der Waals surface area contributed by atoms with Gasteiger partial charge in [0.15, 0.2) is 0 Å². The lowest BCUT2D eigenvalue weighted by Gasteiger charge is -1.96. The summed E-state index contributed by atoms with van der Waals surface area (Å²) in [5.74, 6) is 0. The van der Waals surface area contributed by atoms with Gasteiger partial charge in [-0.05, 0) is 6.07 Å². The summed E-state index contributed by atoms with van der Waals surface area (Å²) < 4.78 is 24.2. The summed E-state index contributed by atoms with van der Waals surface area (Å²) in [5, 5.41) is 15.9. The van der Waals surface area contributed by atoms with Crippen LogP contribution in [0.25, 0.3) is 10.9 Å². The number of rotatable bonds is 2. The molecule has 90 valence electrons. The smallest absolute Gasteiger partial charge is 0.270 e. The Morgan fingerprint density at radius 1 is 1.41 bits per heavy atom. The molecule has 2 rings (SSSR count). The van der Waals surface area contributed by atoms with E-state index in [-0.39, 0.29) is 16.0 Å². The first-order valence-corrected chi connectivity index (χ1v) is 6.11. The third-order valence-electron chi connectivity index (χ3n) is 2.45. The minimum atomic E-state index is -3.89. The normalized spacial score (nSPS) is 11.9. The number of nitrogens with two attached hydrogens (primary N) is 1. The van der Waals surface area contributed by atoms with E-state index < -0.39 is 14.9 Å². The zero-order valence-corrected chi connectivity index (χ0v) is 9.64. The van der Waals surface area contributed by atoms with Crippen molar-refractivity contribution in [1.82, 2.24) is 4.57 Å². The number of aryl methyl sites for hydroxylation is 1. The second-order valence-electron chi connectivity index (χ2n) is 3.61. The Morgan fingerprint density at radius 2 is 2.06 bits per heavy atom. The van der Waals surface area contributed by atoms with Gasteiger partial charge in [0.05, 0.1) is 4.92 Å². The Kier molecular flexibility index (Phi) is 2.40. The standard InChI is InChI=1S/C9H9N3O4S/c1-11-5-9(17(10,15)16)7-4-6(12(13)14)2-3-8(7)11/h2-5H,1H3,(H2,10,15,16). The van der Waals surface area contributed by atoms with Crippen LogP contribution < -0.4 is 5.14 Å². The molecule has 1 heterocycles. The molecule has 7 nitrogen and oxygen atoms in total. The zero-order valence-electron chi connectivity index (χ0n) is 8.82. The molecule has 0 aliphatic rings. The van der Waals surface area contributed by atoms with E-state index in [9.17, 15) is 18.5 Å². The van der Waals surface area contributed by atoms with Crippen molar-refractivity contribution in [3.05, 3.63) is 34.5 Å². The van der Waals surface area contributed by atoms with Gasteiger partial charge in [0.1, 0.15) is 4.90 Å². The summed E-state index contributed by atoms with van der Waals surface area (Å²) in [6.45, 7) is 0. The fourth-order valence-electron chi connectivity index (χ4n) is 1.68. The lowest BCUT2D eigenvalue weighted by molar-refractivity contribution is -0.384. The van der Waals surface area contributed by atoms with E-state index in [0.717, 1.165) is 0 Å². The highest BCUT2D eigenvalue weighted by Gasteiger charge is 2.18. The second kappa shape index (κ2) is 3.54. The lowest BCUT2D eigenvalue weighted by atomic mass is 10.2. The van der Waals surface area contributed by atoms with Gasteiger partial charge < -0.3 is 4.57 Å². The van der Waals surface area contributed by atoms with Crippen LogP contribution in [0, 0.1) is 10.1 Å². The van der Waals surface area contributed by atoms with Gasteiger partial charge in [-0.25, -0.2) is 13.6 Å². The minimum absolute atomic E-state index is 0.112. The van der Waals surface area contributed by atoms with Gasteiger partial charge in [-0.15, -0.1) is 0 Å². The highest BCUT2D eigenvalue weighted by molar-refractivity contribution is 7.89. The molecular weight excluding hydrogens is 246 g/mol. The third-order valence-corrected chi connectivity index (χ3v) is 3.39. The van der Waals surface area contributed by atoms with Gasteiger partial charge >= 0.3 is 0 Å². The quantitative estimate of drug-likeness (QED) is 0.630. The van der Waals surface area contributed by atoms with Crippen molar-refractivity contribution in [2.24, 2.45) is 12.2 Å². The van der Waals surface area contributed by atoms with Crippen LogP contribution in [0.15, 0.2) is 29.3 Å². The number of nitrogens with zero attached hydrogens (tertiary/aromatic N) is 2. The van der Waals surface area contributed by atoms with Crippen molar-refractivity contribution in [3.63, 3.8) is 0 Å². The highest BCUT2D eigenvalue weighted by Crippen LogP contribution is 2.27. The fraction of sp³-hybridized carbons (Fsp3) is 0.111. The Balaban J connectivity index is 2.87. The van der Waals surface area contributed by atoms with Crippen LogP contribution in [-0.2, 0) is 17.1 Å². The van der Waals surface area contributed by atoms with Crippen LogP contribution in [0.5, 0.6) is 0 Å². The summed E-state index contributed by atoms with van der Waals surface area (Å²) in [5.41, 5.74) is 0.397. The predicted molar refractivity (Wildman–Crippen MR) is 60.9 cm³/mol. The molecule has 0 atom stereocenters. The van der Waals surface area contributed by atoms with Gasteiger partial charge in [-0.1, -0.05) is 0 Å². The van der Waals surface area contributed by atoms with Gasteiger partial charge in [0.25, 0.3) is 5.69 Å². The molecule has 0 aliphatic heterocycles. The summed E-state index contributed by atoms with van der Waals surface area (Å²) in [6.07, 6.45) is 1.34. The predicted octanol–water partition coefficient (Wildman–Crippen LogP) is 0.734. The summed E-state index contributed by atoms with van der Waals surface area (Å²) >= 11 is 0. The van der Waals surface area contributed by atoms with Crippen LogP contribution in [-0.4, -0.2) is 17.9 Å². The number of fused-ring (bicyclic) bond motifs is 1. The topological polar surface area (TPSA) is 108 Å². The summed E-state index contributed by atoms with van der Waals surface area (Å²) in [4.78, 5) is 9.93. The van der Waals surface area contributed by atoms with Gasteiger partial charge in [0, 0.05) is 36.3 Å². The maximum Gasteiger partial charge on any atom is 0.270 e. The molecule has 8 heteroatoms. The average molecular weight is 255 g/mol. The Bertz CT molecular complexity index is 717. The van der Waals surface area contributed by atoms with E-state index in [1.807, 2.05) is 0 Å². The molecule has 0 unspecified atom stereocenters. The van der Waals surface area contributed by atoms with Crippen molar-refractivity contribution in [2.45, 2.75) is 4.90 Å². The molecule has 0 aliphatic carbocycles. The molecule has 0 amide bonds. The highest BCUT2D eigenvalue weighted by atomic mass is 32.2. The molecule has 1 aromatic carbocycles. The number of primary sulfonamides is 1.